The molecule has 3 aromatic heterocycles. The van der Waals surface area contributed by atoms with Crippen molar-refractivity contribution in [1.82, 2.24) is 14.7 Å². The van der Waals surface area contributed by atoms with E-state index < -0.39 is 5.97 Å². The summed E-state index contributed by atoms with van der Waals surface area (Å²) in [5, 5.41) is 14.6. The molecule has 1 aliphatic heterocycles. The minimum absolute atomic E-state index is 0.113. The Labute approximate surface area is 203 Å². The van der Waals surface area contributed by atoms with Gasteiger partial charge in [0.2, 0.25) is 0 Å². The number of fused-ring (bicyclic) bond motifs is 1. The van der Waals surface area contributed by atoms with Crippen molar-refractivity contribution in [2.24, 2.45) is 0 Å². The number of aromatic carboxylic acids is 1. The first-order chi connectivity index (χ1) is 16.8. The highest BCUT2D eigenvalue weighted by atomic mass is 16.5. The highest BCUT2D eigenvalue weighted by molar-refractivity contribution is 5.99. The van der Waals surface area contributed by atoms with E-state index >= 15 is 0 Å². The molecule has 0 amide bonds. The normalized spacial score (nSPS) is 14.7. The molecule has 0 radical (unpaired) electrons. The number of carboxylic acids is 1. The van der Waals surface area contributed by atoms with Gasteiger partial charge in [0.1, 0.15) is 17.2 Å². The van der Waals surface area contributed by atoms with E-state index in [4.69, 9.17) is 19.0 Å². The zero-order chi connectivity index (χ0) is 24.7. The summed E-state index contributed by atoms with van der Waals surface area (Å²) in [6.07, 6.45) is 5.69. The van der Waals surface area contributed by atoms with Gasteiger partial charge in [0.25, 0.3) is 0 Å². The van der Waals surface area contributed by atoms with Crippen molar-refractivity contribution >= 4 is 17.0 Å². The molecule has 35 heavy (non-hydrogen) atoms. The highest BCUT2D eigenvalue weighted by Gasteiger charge is 2.24. The lowest BCUT2D eigenvalue weighted by atomic mass is 10.00. The number of rotatable bonds is 6. The first-order valence-corrected chi connectivity index (χ1v) is 11.9. The molecule has 8 nitrogen and oxygen atoms in total. The fourth-order valence-corrected chi connectivity index (χ4v) is 4.85. The number of benzene rings is 1. The first-order valence-electron chi connectivity index (χ1n) is 11.9. The van der Waals surface area contributed by atoms with Crippen LogP contribution in [0, 0.1) is 13.8 Å². The van der Waals surface area contributed by atoms with Crippen LogP contribution in [-0.2, 0) is 4.74 Å². The van der Waals surface area contributed by atoms with Gasteiger partial charge in [-0.1, -0.05) is 5.16 Å². The molecule has 8 heteroatoms. The van der Waals surface area contributed by atoms with Crippen molar-refractivity contribution in [2.45, 2.75) is 52.7 Å². The van der Waals surface area contributed by atoms with Gasteiger partial charge in [0.15, 0.2) is 0 Å². The number of aryl methyl sites for hydroxylation is 2. The summed E-state index contributed by atoms with van der Waals surface area (Å²) in [6.45, 7) is 9.10. The topological polar surface area (TPSA) is 99.6 Å². The Kier molecular flexibility index (Phi) is 6.06. The van der Waals surface area contributed by atoms with Crippen LogP contribution in [0.3, 0.4) is 0 Å². The van der Waals surface area contributed by atoms with E-state index in [9.17, 15) is 9.90 Å². The van der Waals surface area contributed by atoms with E-state index in [1.807, 2.05) is 40.0 Å². The van der Waals surface area contributed by atoms with Crippen LogP contribution < -0.4 is 4.74 Å². The Morgan fingerprint density at radius 3 is 2.60 bits per heavy atom. The molecule has 4 heterocycles. The Bertz CT molecular complexity index is 1380. The van der Waals surface area contributed by atoms with Crippen LogP contribution in [0.25, 0.3) is 33.3 Å². The molecule has 1 aromatic carbocycles. The number of carboxylic acid groups (broad SMARTS) is 1. The largest absolute Gasteiger partial charge is 0.490 e. The summed E-state index contributed by atoms with van der Waals surface area (Å²) in [4.78, 5) is 16.5. The van der Waals surface area contributed by atoms with Crippen molar-refractivity contribution in [3.63, 3.8) is 0 Å². The maximum atomic E-state index is 11.7. The Morgan fingerprint density at radius 2 is 1.94 bits per heavy atom. The van der Waals surface area contributed by atoms with E-state index in [0.717, 1.165) is 57.6 Å². The average molecular weight is 476 g/mol. The number of hydrogen-bond donors (Lipinski definition) is 1. The lowest BCUT2D eigenvalue weighted by Gasteiger charge is -2.24. The average Bonchev–Trinajstić information content (AvgIpc) is 3.38. The molecule has 1 aliphatic rings. The standard InChI is InChI=1S/C27H29N3O5/c1-15(2)34-24-12-18(27(31)32)5-6-21(24)23-14-30(20-7-9-33-10-8-20)26-22(23)11-19(13-28-26)25-16(3)29-35-17(25)4/h5-6,11-15,20H,7-10H2,1-4H3,(H,31,32). The molecular formula is C27H29N3O5. The predicted octanol–water partition coefficient (Wildman–Crippen LogP) is 5.81. The Hall–Kier alpha value is -3.65. The van der Waals surface area contributed by atoms with Crippen molar-refractivity contribution in [1.29, 1.82) is 0 Å². The summed E-state index contributed by atoms with van der Waals surface area (Å²) in [7, 11) is 0. The van der Waals surface area contributed by atoms with Crippen LogP contribution in [0.4, 0.5) is 0 Å². The van der Waals surface area contributed by atoms with Gasteiger partial charge >= 0.3 is 5.97 Å². The second-order valence-electron chi connectivity index (χ2n) is 9.27. The highest BCUT2D eigenvalue weighted by Crippen LogP contribution is 2.41. The number of hydrogen-bond acceptors (Lipinski definition) is 6. The summed E-state index contributed by atoms with van der Waals surface area (Å²) >= 11 is 0. The van der Waals surface area contributed by atoms with Gasteiger partial charge in [0.05, 0.1) is 17.4 Å². The van der Waals surface area contributed by atoms with Gasteiger partial charge in [-0.3, -0.25) is 0 Å². The minimum Gasteiger partial charge on any atom is -0.490 e. The van der Waals surface area contributed by atoms with Gasteiger partial charge in [0, 0.05) is 59.3 Å². The quantitative estimate of drug-likeness (QED) is 0.375. The van der Waals surface area contributed by atoms with Crippen molar-refractivity contribution < 1.29 is 23.9 Å². The van der Waals surface area contributed by atoms with E-state index in [1.54, 1.807) is 12.1 Å². The van der Waals surface area contributed by atoms with E-state index in [1.165, 1.54) is 0 Å². The second kappa shape index (κ2) is 9.19. The lowest BCUT2D eigenvalue weighted by molar-refractivity contribution is 0.0695. The van der Waals surface area contributed by atoms with Gasteiger partial charge in [-0.25, -0.2) is 9.78 Å². The molecule has 5 rings (SSSR count). The molecule has 1 fully saturated rings. The second-order valence-corrected chi connectivity index (χ2v) is 9.27. The van der Waals surface area contributed by atoms with Gasteiger partial charge in [-0.15, -0.1) is 0 Å². The third kappa shape index (κ3) is 4.30. The van der Waals surface area contributed by atoms with Crippen LogP contribution >= 0.6 is 0 Å². The SMILES string of the molecule is Cc1noc(C)c1-c1cnc2c(c1)c(-c1ccc(C(=O)O)cc1OC(C)C)cn2C1CCOCC1. The van der Waals surface area contributed by atoms with E-state index in [0.29, 0.717) is 19.0 Å². The molecule has 0 bridgehead atoms. The molecule has 1 N–H and O–H groups in total. The predicted molar refractivity (Wildman–Crippen MR) is 132 cm³/mol. The molecule has 182 valence electrons. The fourth-order valence-electron chi connectivity index (χ4n) is 4.85. The third-order valence-corrected chi connectivity index (χ3v) is 6.46. The van der Waals surface area contributed by atoms with Crippen LogP contribution in [0.15, 0.2) is 41.2 Å². The molecular weight excluding hydrogens is 446 g/mol. The van der Waals surface area contributed by atoms with E-state index in [2.05, 4.69) is 22.0 Å². The Balaban J connectivity index is 1.75. The van der Waals surface area contributed by atoms with Crippen LogP contribution in [-0.4, -0.2) is 45.1 Å². The molecule has 0 aliphatic carbocycles. The van der Waals surface area contributed by atoms with Crippen molar-refractivity contribution in [2.75, 3.05) is 13.2 Å². The van der Waals surface area contributed by atoms with Gasteiger partial charge in [-0.2, -0.15) is 0 Å². The van der Waals surface area contributed by atoms with Crippen LogP contribution in [0.5, 0.6) is 5.75 Å². The molecule has 1 saturated heterocycles. The zero-order valence-electron chi connectivity index (χ0n) is 20.4. The van der Waals surface area contributed by atoms with Gasteiger partial charge in [-0.05, 0) is 64.8 Å². The van der Waals surface area contributed by atoms with Crippen molar-refractivity contribution in [3.8, 4) is 28.0 Å². The van der Waals surface area contributed by atoms with Crippen molar-refractivity contribution in [3.05, 3.63) is 53.7 Å². The zero-order valence-corrected chi connectivity index (χ0v) is 20.4. The number of aromatic nitrogens is 3. The molecule has 0 spiro atoms. The summed E-state index contributed by atoms with van der Waals surface area (Å²) in [6, 6.07) is 7.43. The minimum atomic E-state index is -0.989. The summed E-state index contributed by atoms with van der Waals surface area (Å²) < 4.78 is 19.3. The Morgan fingerprint density at radius 1 is 1.17 bits per heavy atom. The summed E-state index contributed by atoms with van der Waals surface area (Å²) in [5.74, 6) is 0.287. The number of pyridine rings is 1. The molecule has 4 aromatic rings. The molecule has 0 atom stereocenters. The number of carbonyl (C=O) groups is 1. The van der Waals surface area contributed by atoms with Crippen LogP contribution in [0.1, 0.15) is 54.5 Å². The van der Waals surface area contributed by atoms with Gasteiger partial charge < -0.3 is 23.7 Å². The maximum Gasteiger partial charge on any atom is 0.335 e. The third-order valence-electron chi connectivity index (χ3n) is 6.46. The molecule has 0 unspecified atom stereocenters. The maximum absolute atomic E-state index is 11.7. The summed E-state index contributed by atoms with van der Waals surface area (Å²) in [5.41, 5.74) is 5.51. The monoisotopic (exact) mass is 475 g/mol. The first kappa shape index (κ1) is 23.1. The molecule has 0 saturated carbocycles. The smallest absolute Gasteiger partial charge is 0.335 e. The number of ether oxygens (including phenoxy) is 2. The lowest BCUT2D eigenvalue weighted by Crippen LogP contribution is -2.19. The van der Waals surface area contributed by atoms with Crippen LogP contribution in [0.2, 0.25) is 0 Å². The van der Waals surface area contributed by atoms with E-state index in [-0.39, 0.29) is 17.7 Å². The fraction of sp³-hybridized carbons (Fsp3) is 0.370. The number of nitrogens with zero attached hydrogens (tertiary/aromatic N) is 3.